The summed E-state index contributed by atoms with van der Waals surface area (Å²) in [5, 5.41) is 7.91. The van der Waals surface area contributed by atoms with Gasteiger partial charge < -0.3 is 10.1 Å². The molecule has 1 rings (SSSR count). The number of hydrogen-bond acceptors (Lipinski definition) is 3. The first-order valence-electron chi connectivity index (χ1n) is 6.52. The lowest BCUT2D eigenvalue weighted by Gasteiger charge is -2.17. The SMILES string of the molecule is CCn1nc(C)c(Br)c1CC(CCCOC)NC. The smallest absolute Gasteiger partial charge is 0.0738 e. The summed E-state index contributed by atoms with van der Waals surface area (Å²) < 4.78 is 8.34. The van der Waals surface area contributed by atoms with Crippen LogP contribution in [0.4, 0.5) is 0 Å². The summed E-state index contributed by atoms with van der Waals surface area (Å²) in [6, 6.07) is 0.470. The Labute approximate surface area is 118 Å². The van der Waals surface area contributed by atoms with Crippen molar-refractivity contribution in [1.82, 2.24) is 15.1 Å². The number of ether oxygens (including phenoxy) is 1. The first-order valence-corrected chi connectivity index (χ1v) is 7.31. The van der Waals surface area contributed by atoms with Crippen molar-refractivity contribution in [3.05, 3.63) is 15.9 Å². The van der Waals surface area contributed by atoms with Crippen LogP contribution in [0.2, 0.25) is 0 Å². The normalized spacial score (nSPS) is 12.9. The number of aryl methyl sites for hydroxylation is 2. The fourth-order valence-corrected chi connectivity index (χ4v) is 2.57. The average Bonchev–Trinajstić information content (AvgIpc) is 2.65. The minimum Gasteiger partial charge on any atom is -0.385 e. The molecule has 0 aliphatic carbocycles. The van der Waals surface area contributed by atoms with E-state index in [-0.39, 0.29) is 0 Å². The minimum absolute atomic E-state index is 0.470. The standard InChI is InChI=1S/C13H24BrN3O/c1-5-17-12(13(14)10(2)16-17)9-11(15-3)7-6-8-18-4/h11,15H,5-9H2,1-4H3. The van der Waals surface area contributed by atoms with Gasteiger partial charge in [-0.3, -0.25) is 4.68 Å². The quantitative estimate of drug-likeness (QED) is 0.749. The lowest BCUT2D eigenvalue weighted by atomic mass is 10.1. The molecule has 5 heteroatoms. The highest BCUT2D eigenvalue weighted by atomic mass is 79.9. The number of nitrogens with zero attached hydrogens (tertiary/aromatic N) is 2. The summed E-state index contributed by atoms with van der Waals surface area (Å²) in [5.74, 6) is 0. The van der Waals surface area contributed by atoms with Gasteiger partial charge in [0.2, 0.25) is 0 Å². The molecule has 1 atom stereocenters. The zero-order chi connectivity index (χ0) is 13.5. The molecule has 1 unspecified atom stereocenters. The third-order valence-corrected chi connectivity index (χ3v) is 4.23. The number of halogens is 1. The lowest BCUT2D eigenvalue weighted by molar-refractivity contribution is 0.189. The summed E-state index contributed by atoms with van der Waals surface area (Å²) in [6.45, 7) is 5.91. The molecule has 0 amide bonds. The number of aromatic nitrogens is 2. The molecule has 0 bridgehead atoms. The summed E-state index contributed by atoms with van der Waals surface area (Å²) in [4.78, 5) is 0. The Bertz CT molecular complexity index is 365. The molecule has 0 saturated carbocycles. The first kappa shape index (κ1) is 15.7. The van der Waals surface area contributed by atoms with Crippen LogP contribution < -0.4 is 5.32 Å². The molecule has 4 nitrogen and oxygen atoms in total. The molecule has 0 aliphatic heterocycles. The van der Waals surface area contributed by atoms with Gasteiger partial charge >= 0.3 is 0 Å². The van der Waals surface area contributed by atoms with Gasteiger partial charge in [0.05, 0.1) is 15.9 Å². The highest BCUT2D eigenvalue weighted by molar-refractivity contribution is 9.10. The second kappa shape index (κ2) is 7.92. The lowest BCUT2D eigenvalue weighted by Crippen LogP contribution is -2.29. The van der Waals surface area contributed by atoms with E-state index in [0.29, 0.717) is 6.04 Å². The maximum Gasteiger partial charge on any atom is 0.0738 e. The fourth-order valence-electron chi connectivity index (χ4n) is 2.12. The predicted molar refractivity (Wildman–Crippen MR) is 78.0 cm³/mol. The van der Waals surface area contributed by atoms with Gasteiger partial charge in [-0.2, -0.15) is 5.10 Å². The van der Waals surface area contributed by atoms with E-state index >= 15 is 0 Å². The van der Waals surface area contributed by atoms with Crippen molar-refractivity contribution in [2.24, 2.45) is 0 Å². The number of hydrogen-bond donors (Lipinski definition) is 1. The van der Waals surface area contributed by atoms with E-state index < -0.39 is 0 Å². The van der Waals surface area contributed by atoms with Crippen LogP contribution >= 0.6 is 15.9 Å². The van der Waals surface area contributed by atoms with E-state index in [1.54, 1.807) is 7.11 Å². The molecule has 1 aromatic heterocycles. The second-order valence-corrected chi connectivity index (χ2v) is 5.28. The van der Waals surface area contributed by atoms with Gasteiger partial charge in [-0.25, -0.2) is 0 Å². The van der Waals surface area contributed by atoms with Crippen LogP contribution in [0, 0.1) is 6.92 Å². The van der Waals surface area contributed by atoms with Crippen molar-refractivity contribution < 1.29 is 4.74 Å². The van der Waals surface area contributed by atoms with Gasteiger partial charge in [-0.05, 0) is 49.7 Å². The molecule has 0 radical (unpaired) electrons. The Hall–Kier alpha value is -0.390. The molecule has 18 heavy (non-hydrogen) atoms. The second-order valence-electron chi connectivity index (χ2n) is 4.49. The van der Waals surface area contributed by atoms with Gasteiger partial charge in [0.15, 0.2) is 0 Å². The molecule has 104 valence electrons. The third kappa shape index (κ3) is 4.07. The van der Waals surface area contributed by atoms with Crippen molar-refractivity contribution in [1.29, 1.82) is 0 Å². The van der Waals surface area contributed by atoms with E-state index in [4.69, 9.17) is 4.74 Å². The number of methoxy groups -OCH3 is 1. The number of rotatable bonds is 8. The Morgan fingerprint density at radius 3 is 2.78 bits per heavy atom. The summed E-state index contributed by atoms with van der Waals surface area (Å²) in [5.41, 5.74) is 2.35. The summed E-state index contributed by atoms with van der Waals surface area (Å²) >= 11 is 3.65. The van der Waals surface area contributed by atoms with Crippen LogP contribution in [0.3, 0.4) is 0 Å². The maximum atomic E-state index is 5.11. The van der Waals surface area contributed by atoms with E-state index in [9.17, 15) is 0 Å². The molecule has 0 aliphatic rings. The van der Waals surface area contributed by atoms with E-state index in [2.05, 4.69) is 38.0 Å². The van der Waals surface area contributed by atoms with Gasteiger partial charge in [0.1, 0.15) is 0 Å². The van der Waals surface area contributed by atoms with Crippen molar-refractivity contribution in [2.45, 2.75) is 45.7 Å². The Morgan fingerprint density at radius 2 is 2.22 bits per heavy atom. The van der Waals surface area contributed by atoms with E-state index in [1.807, 2.05) is 14.0 Å². The number of likely N-dealkylation sites (N-methyl/N-ethyl adjacent to an activating group) is 1. The van der Waals surface area contributed by atoms with Crippen molar-refractivity contribution in [2.75, 3.05) is 20.8 Å². The van der Waals surface area contributed by atoms with Crippen LogP contribution in [0.5, 0.6) is 0 Å². The molecule has 0 aromatic carbocycles. The van der Waals surface area contributed by atoms with Gasteiger partial charge in [0.25, 0.3) is 0 Å². The molecular weight excluding hydrogens is 294 g/mol. The van der Waals surface area contributed by atoms with Gasteiger partial charge in [-0.1, -0.05) is 0 Å². The molecular formula is C13H24BrN3O. The van der Waals surface area contributed by atoms with Crippen LogP contribution in [-0.2, 0) is 17.7 Å². The van der Waals surface area contributed by atoms with Crippen LogP contribution in [-0.4, -0.2) is 36.6 Å². The Balaban J connectivity index is 2.68. The van der Waals surface area contributed by atoms with Crippen LogP contribution in [0.15, 0.2) is 4.47 Å². The molecule has 0 spiro atoms. The zero-order valence-electron chi connectivity index (χ0n) is 11.8. The van der Waals surface area contributed by atoms with Crippen molar-refractivity contribution in [3.8, 4) is 0 Å². The summed E-state index contributed by atoms with van der Waals surface area (Å²) in [7, 11) is 3.77. The van der Waals surface area contributed by atoms with Crippen molar-refractivity contribution in [3.63, 3.8) is 0 Å². The number of nitrogens with one attached hydrogen (secondary N) is 1. The largest absolute Gasteiger partial charge is 0.385 e. The highest BCUT2D eigenvalue weighted by Gasteiger charge is 2.16. The molecule has 1 aromatic rings. The average molecular weight is 318 g/mol. The van der Waals surface area contributed by atoms with Gasteiger partial charge in [-0.15, -0.1) is 0 Å². The van der Waals surface area contributed by atoms with E-state index in [0.717, 1.165) is 42.6 Å². The van der Waals surface area contributed by atoms with Crippen molar-refractivity contribution >= 4 is 15.9 Å². The minimum atomic E-state index is 0.470. The molecule has 1 heterocycles. The highest BCUT2D eigenvalue weighted by Crippen LogP contribution is 2.23. The summed E-state index contributed by atoms with van der Waals surface area (Å²) in [6.07, 6.45) is 3.19. The monoisotopic (exact) mass is 317 g/mol. The third-order valence-electron chi connectivity index (χ3n) is 3.20. The first-order chi connectivity index (χ1) is 8.63. The zero-order valence-corrected chi connectivity index (χ0v) is 13.4. The molecule has 0 fully saturated rings. The maximum absolute atomic E-state index is 5.11. The van der Waals surface area contributed by atoms with Gasteiger partial charge in [0, 0.05) is 32.7 Å². The van der Waals surface area contributed by atoms with E-state index in [1.165, 1.54) is 5.69 Å². The Morgan fingerprint density at radius 1 is 1.50 bits per heavy atom. The molecule has 0 saturated heterocycles. The topological polar surface area (TPSA) is 39.1 Å². The predicted octanol–water partition coefficient (Wildman–Crippen LogP) is 2.53. The van der Waals surface area contributed by atoms with Crippen LogP contribution in [0.1, 0.15) is 31.2 Å². The van der Waals surface area contributed by atoms with Crippen LogP contribution in [0.25, 0.3) is 0 Å². The Kier molecular flexibility index (Phi) is 6.89. The fraction of sp³-hybridized carbons (Fsp3) is 0.769. The molecule has 1 N–H and O–H groups in total.